The molecule has 4 nitrogen and oxygen atoms in total. The molecule has 0 bridgehead atoms. The highest BCUT2D eigenvalue weighted by molar-refractivity contribution is 5.50. The highest BCUT2D eigenvalue weighted by Crippen LogP contribution is 2.36. The molecule has 1 aliphatic heterocycles. The minimum absolute atomic E-state index is 0.752. The molecule has 0 fully saturated rings. The van der Waals surface area contributed by atoms with E-state index < -0.39 is 0 Å². The van der Waals surface area contributed by atoms with Crippen LogP contribution in [0.5, 0.6) is 23.0 Å². The highest BCUT2D eigenvalue weighted by atomic mass is 16.5. The molecule has 2 aromatic carbocycles. The molecule has 0 aliphatic carbocycles. The number of ether oxygens (including phenoxy) is 3. The molecular weight excluding hydrogens is 278 g/mol. The van der Waals surface area contributed by atoms with E-state index in [-0.39, 0.29) is 0 Å². The third-order valence-corrected chi connectivity index (χ3v) is 3.98. The third-order valence-electron chi connectivity index (χ3n) is 3.98. The van der Waals surface area contributed by atoms with Gasteiger partial charge in [0.1, 0.15) is 11.5 Å². The van der Waals surface area contributed by atoms with Gasteiger partial charge in [0, 0.05) is 13.1 Å². The minimum atomic E-state index is 0.752. The van der Waals surface area contributed by atoms with E-state index in [0.717, 1.165) is 42.5 Å². The first-order chi connectivity index (χ1) is 10.7. The first-order valence-electron chi connectivity index (χ1n) is 7.40. The lowest BCUT2D eigenvalue weighted by Gasteiger charge is -2.26. The van der Waals surface area contributed by atoms with Crippen LogP contribution in [0.25, 0.3) is 0 Å². The van der Waals surface area contributed by atoms with Crippen LogP contribution < -0.4 is 14.2 Å². The standard InChI is InChI=1S/C18H21NO3/c1-19-9-8-13-10-17(21-3)18(11-14(13)12-19)22-16-6-4-15(20-2)5-7-16/h4-7,10-11H,8-9,12H2,1-3H3. The monoisotopic (exact) mass is 299 g/mol. The van der Waals surface area contributed by atoms with E-state index in [9.17, 15) is 0 Å². The zero-order valence-corrected chi connectivity index (χ0v) is 13.3. The second-order valence-electron chi connectivity index (χ2n) is 5.54. The summed E-state index contributed by atoms with van der Waals surface area (Å²) in [6, 6.07) is 11.7. The molecule has 0 aromatic heterocycles. The molecule has 0 unspecified atom stereocenters. The summed E-state index contributed by atoms with van der Waals surface area (Å²) < 4.78 is 16.7. The fourth-order valence-corrected chi connectivity index (χ4v) is 2.72. The van der Waals surface area contributed by atoms with Crippen molar-refractivity contribution in [1.29, 1.82) is 0 Å². The zero-order valence-electron chi connectivity index (χ0n) is 13.3. The van der Waals surface area contributed by atoms with Gasteiger partial charge < -0.3 is 19.1 Å². The zero-order chi connectivity index (χ0) is 15.5. The molecule has 4 heteroatoms. The number of benzene rings is 2. The summed E-state index contributed by atoms with van der Waals surface area (Å²) in [7, 11) is 5.47. The van der Waals surface area contributed by atoms with Gasteiger partial charge in [-0.15, -0.1) is 0 Å². The lowest BCUT2D eigenvalue weighted by molar-refractivity contribution is 0.309. The quantitative estimate of drug-likeness (QED) is 0.865. The van der Waals surface area contributed by atoms with Crippen molar-refractivity contribution in [2.24, 2.45) is 0 Å². The molecule has 1 aliphatic rings. The van der Waals surface area contributed by atoms with Gasteiger partial charge in [-0.1, -0.05) is 0 Å². The van der Waals surface area contributed by atoms with Gasteiger partial charge in [-0.3, -0.25) is 0 Å². The predicted molar refractivity (Wildman–Crippen MR) is 86.1 cm³/mol. The van der Waals surface area contributed by atoms with Gasteiger partial charge in [-0.25, -0.2) is 0 Å². The number of nitrogens with zero attached hydrogens (tertiary/aromatic N) is 1. The highest BCUT2D eigenvalue weighted by Gasteiger charge is 2.17. The van der Waals surface area contributed by atoms with Crippen LogP contribution in [-0.2, 0) is 13.0 Å². The average molecular weight is 299 g/mol. The Morgan fingerprint density at radius 2 is 1.55 bits per heavy atom. The maximum Gasteiger partial charge on any atom is 0.169 e. The smallest absolute Gasteiger partial charge is 0.169 e. The molecular formula is C18H21NO3. The van der Waals surface area contributed by atoms with E-state index >= 15 is 0 Å². The number of hydrogen-bond acceptors (Lipinski definition) is 4. The summed E-state index contributed by atoms with van der Waals surface area (Å²) in [6.45, 7) is 2.02. The van der Waals surface area contributed by atoms with Crippen molar-refractivity contribution in [3.05, 3.63) is 47.5 Å². The second kappa shape index (κ2) is 6.28. The summed E-state index contributed by atoms with van der Waals surface area (Å²) in [4.78, 5) is 2.31. The molecule has 3 rings (SSSR count). The van der Waals surface area contributed by atoms with Gasteiger partial charge in [0.15, 0.2) is 11.5 Å². The fourth-order valence-electron chi connectivity index (χ4n) is 2.72. The normalized spacial score (nSPS) is 14.3. The minimum Gasteiger partial charge on any atom is -0.497 e. The number of likely N-dealkylation sites (N-methyl/N-ethyl adjacent to an activating group) is 1. The Labute approximate surface area is 131 Å². The number of hydrogen-bond donors (Lipinski definition) is 0. The summed E-state index contributed by atoms with van der Waals surface area (Å²) in [5, 5.41) is 0. The van der Waals surface area contributed by atoms with Gasteiger partial charge in [-0.05, 0) is 61.0 Å². The number of methoxy groups -OCH3 is 2. The van der Waals surface area contributed by atoms with Crippen molar-refractivity contribution >= 4 is 0 Å². The topological polar surface area (TPSA) is 30.9 Å². The third kappa shape index (κ3) is 3.02. The van der Waals surface area contributed by atoms with Gasteiger partial charge in [-0.2, -0.15) is 0 Å². The molecule has 0 saturated carbocycles. The Bertz CT molecular complexity index is 652. The van der Waals surface area contributed by atoms with Crippen molar-refractivity contribution in [2.45, 2.75) is 13.0 Å². The van der Waals surface area contributed by atoms with Crippen LogP contribution in [0.4, 0.5) is 0 Å². The molecule has 22 heavy (non-hydrogen) atoms. The molecule has 116 valence electrons. The van der Waals surface area contributed by atoms with Gasteiger partial charge in [0.05, 0.1) is 14.2 Å². The number of fused-ring (bicyclic) bond motifs is 1. The summed E-state index contributed by atoms with van der Waals surface area (Å²) in [5.41, 5.74) is 2.65. The van der Waals surface area contributed by atoms with Crippen LogP contribution in [0.15, 0.2) is 36.4 Å². The van der Waals surface area contributed by atoms with Crippen LogP contribution in [0.1, 0.15) is 11.1 Å². The fraction of sp³-hybridized carbons (Fsp3) is 0.333. The second-order valence-corrected chi connectivity index (χ2v) is 5.54. The van der Waals surface area contributed by atoms with Crippen LogP contribution >= 0.6 is 0 Å². The largest absolute Gasteiger partial charge is 0.497 e. The van der Waals surface area contributed by atoms with E-state index in [1.807, 2.05) is 24.3 Å². The Balaban J connectivity index is 1.89. The van der Waals surface area contributed by atoms with E-state index in [1.165, 1.54) is 11.1 Å². The lowest BCUT2D eigenvalue weighted by Crippen LogP contribution is -2.26. The van der Waals surface area contributed by atoms with Crippen LogP contribution in [0, 0.1) is 0 Å². The van der Waals surface area contributed by atoms with Crippen LogP contribution in [-0.4, -0.2) is 32.7 Å². The van der Waals surface area contributed by atoms with E-state index in [0.29, 0.717) is 0 Å². The first-order valence-corrected chi connectivity index (χ1v) is 7.40. The maximum atomic E-state index is 6.00. The molecule has 0 amide bonds. The molecule has 2 aromatic rings. The van der Waals surface area contributed by atoms with E-state index in [2.05, 4.69) is 24.1 Å². The first kappa shape index (κ1) is 14.7. The Morgan fingerprint density at radius 3 is 2.23 bits per heavy atom. The number of rotatable bonds is 4. The average Bonchev–Trinajstić information content (AvgIpc) is 2.55. The SMILES string of the molecule is COc1ccc(Oc2cc3c(cc2OC)CCN(C)C3)cc1. The van der Waals surface area contributed by atoms with Gasteiger partial charge in [0.2, 0.25) is 0 Å². The summed E-state index contributed by atoms with van der Waals surface area (Å²) >= 11 is 0. The maximum absolute atomic E-state index is 6.00. The van der Waals surface area contributed by atoms with Crippen LogP contribution in [0.2, 0.25) is 0 Å². The molecule has 0 radical (unpaired) electrons. The molecule has 0 N–H and O–H groups in total. The van der Waals surface area contributed by atoms with Crippen molar-refractivity contribution in [3.8, 4) is 23.0 Å². The predicted octanol–water partition coefficient (Wildman–Crippen LogP) is 3.48. The van der Waals surface area contributed by atoms with Crippen molar-refractivity contribution in [1.82, 2.24) is 4.90 Å². The Morgan fingerprint density at radius 1 is 0.864 bits per heavy atom. The van der Waals surface area contributed by atoms with Crippen LogP contribution in [0.3, 0.4) is 0 Å². The Kier molecular flexibility index (Phi) is 4.20. The van der Waals surface area contributed by atoms with Crippen molar-refractivity contribution in [3.63, 3.8) is 0 Å². The molecule has 0 spiro atoms. The van der Waals surface area contributed by atoms with E-state index in [1.54, 1.807) is 14.2 Å². The molecule has 0 atom stereocenters. The lowest BCUT2D eigenvalue weighted by atomic mass is 9.99. The summed E-state index contributed by atoms with van der Waals surface area (Å²) in [6.07, 6.45) is 1.05. The van der Waals surface area contributed by atoms with Gasteiger partial charge >= 0.3 is 0 Å². The Hall–Kier alpha value is -2.20. The molecule has 0 saturated heterocycles. The molecule has 1 heterocycles. The van der Waals surface area contributed by atoms with Crippen molar-refractivity contribution < 1.29 is 14.2 Å². The van der Waals surface area contributed by atoms with E-state index in [4.69, 9.17) is 14.2 Å². The summed E-state index contributed by atoms with van der Waals surface area (Å²) in [5.74, 6) is 3.11. The van der Waals surface area contributed by atoms with Gasteiger partial charge in [0.25, 0.3) is 0 Å². The van der Waals surface area contributed by atoms with Crippen molar-refractivity contribution in [2.75, 3.05) is 27.8 Å².